The molecule has 38 heavy (non-hydrogen) atoms. The summed E-state index contributed by atoms with van der Waals surface area (Å²) in [6.45, 7) is 8.04. The van der Waals surface area contributed by atoms with Gasteiger partial charge in [-0.05, 0) is 51.2 Å². The van der Waals surface area contributed by atoms with E-state index in [0.29, 0.717) is 19.0 Å². The zero-order valence-electron chi connectivity index (χ0n) is 22.5. The number of anilines is 2. The third kappa shape index (κ3) is 4.77. The van der Waals surface area contributed by atoms with Gasteiger partial charge in [0, 0.05) is 48.9 Å². The highest BCUT2D eigenvalue weighted by Gasteiger charge is 2.35. The molecule has 0 aliphatic carbocycles. The zero-order valence-corrected chi connectivity index (χ0v) is 22.5. The molecule has 0 saturated carbocycles. The fourth-order valence-corrected chi connectivity index (χ4v) is 6.23. The van der Waals surface area contributed by atoms with Crippen molar-refractivity contribution in [3.05, 3.63) is 53.7 Å². The number of likely N-dealkylation sites (N-methyl/N-ethyl adjacent to an activating group) is 1. The van der Waals surface area contributed by atoms with Gasteiger partial charge in [-0.25, -0.2) is 0 Å². The number of piperazine rings is 1. The van der Waals surface area contributed by atoms with Crippen LogP contribution in [0.1, 0.15) is 37.4 Å². The van der Waals surface area contributed by atoms with Crippen LogP contribution in [0.2, 0.25) is 0 Å². The molecule has 2 saturated heterocycles. The minimum Gasteiger partial charge on any atom is -0.461 e. The SMILES string of the molecule is CN1CCC[C@@]1(C)COc1nc2c(c(N3CCNC(CC#N)C3)n1)CCN(c1cccc3ccccc13)C2. The topological polar surface area (TPSA) is 80.5 Å². The van der Waals surface area contributed by atoms with Crippen LogP contribution in [0.4, 0.5) is 11.5 Å². The fourth-order valence-electron chi connectivity index (χ4n) is 6.23. The first-order valence-corrected chi connectivity index (χ1v) is 13.9. The van der Waals surface area contributed by atoms with E-state index in [2.05, 4.69) is 82.5 Å². The summed E-state index contributed by atoms with van der Waals surface area (Å²) in [6.07, 6.45) is 3.67. The van der Waals surface area contributed by atoms with Crippen LogP contribution >= 0.6 is 0 Å². The average molecular weight is 512 g/mol. The molecule has 1 unspecified atom stereocenters. The third-order valence-corrected chi connectivity index (χ3v) is 8.67. The molecule has 8 nitrogen and oxygen atoms in total. The van der Waals surface area contributed by atoms with Crippen molar-refractivity contribution in [2.45, 2.75) is 50.7 Å². The quantitative estimate of drug-likeness (QED) is 0.536. The minimum absolute atomic E-state index is 0.00134. The van der Waals surface area contributed by atoms with Gasteiger partial charge < -0.3 is 19.9 Å². The number of nitriles is 1. The van der Waals surface area contributed by atoms with Crippen molar-refractivity contribution in [3.8, 4) is 12.1 Å². The highest BCUT2D eigenvalue weighted by molar-refractivity contribution is 5.94. The van der Waals surface area contributed by atoms with Crippen molar-refractivity contribution in [1.82, 2.24) is 20.2 Å². The summed E-state index contributed by atoms with van der Waals surface area (Å²) in [4.78, 5) is 17.2. The van der Waals surface area contributed by atoms with Crippen LogP contribution in [0, 0.1) is 11.3 Å². The number of nitrogens with one attached hydrogen (secondary N) is 1. The zero-order chi connectivity index (χ0) is 26.1. The Morgan fingerprint density at radius 3 is 2.82 bits per heavy atom. The Morgan fingerprint density at radius 1 is 1.11 bits per heavy atom. The fraction of sp³-hybridized carbons (Fsp3) is 0.500. The monoisotopic (exact) mass is 511 g/mol. The number of likely N-dealkylation sites (tertiary alicyclic amines) is 1. The Morgan fingerprint density at radius 2 is 1.97 bits per heavy atom. The summed E-state index contributed by atoms with van der Waals surface area (Å²) in [6, 6.07) is 18.0. The maximum Gasteiger partial charge on any atom is 0.318 e. The highest BCUT2D eigenvalue weighted by Crippen LogP contribution is 2.35. The summed E-state index contributed by atoms with van der Waals surface area (Å²) in [5.41, 5.74) is 3.51. The number of hydrogen-bond donors (Lipinski definition) is 1. The smallest absolute Gasteiger partial charge is 0.318 e. The van der Waals surface area contributed by atoms with Gasteiger partial charge in [-0.15, -0.1) is 0 Å². The second-order valence-electron chi connectivity index (χ2n) is 11.2. The molecule has 4 heterocycles. The number of aromatic nitrogens is 2. The molecule has 1 aromatic heterocycles. The molecule has 2 fully saturated rings. The summed E-state index contributed by atoms with van der Waals surface area (Å²) in [5.74, 6) is 0.983. The van der Waals surface area contributed by atoms with Crippen LogP contribution in [-0.2, 0) is 13.0 Å². The van der Waals surface area contributed by atoms with E-state index < -0.39 is 0 Å². The van der Waals surface area contributed by atoms with Crippen LogP contribution in [0.15, 0.2) is 42.5 Å². The van der Waals surface area contributed by atoms with Crippen LogP contribution in [-0.4, -0.2) is 72.8 Å². The van der Waals surface area contributed by atoms with E-state index in [0.717, 1.165) is 63.6 Å². The Hall–Kier alpha value is -3.41. The summed E-state index contributed by atoms with van der Waals surface area (Å²) >= 11 is 0. The van der Waals surface area contributed by atoms with E-state index in [1.165, 1.54) is 28.4 Å². The second-order valence-corrected chi connectivity index (χ2v) is 11.2. The number of hydrogen-bond acceptors (Lipinski definition) is 8. The number of benzene rings is 2. The van der Waals surface area contributed by atoms with E-state index >= 15 is 0 Å². The predicted octanol–water partition coefficient (Wildman–Crippen LogP) is 3.75. The molecule has 2 aromatic carbocycles. The van der Waals surface area contributed by atoms with E-state index in [1.807, 2.05) is 0 Å². The summed E-state index contributed by atoms with van der Waals surface area (Å²) in [5, 5.41) is 15.3. The average Bonchev–Trinajstić information content (AvgIpc) is 3.29. The van der Waals surface area contributed by atoms with Gasteiger partial charge in [0.2, 0.25) is 0 Å². The molecule has 0 spiro atoms. The molecule has 0 bridgehead atoms. The number of ether oxygens (including phenoxy) is 1. The lowest BCUT2D eigenvalue weighted by Crippen LogP contribution is -2.51. The first-order chi connectivity index (χ1) is 18.5. The number of nitrogens with zero attached hydrogens (tertiary/aromatic N) is 6. The van der Waals surface area contributed by atoms with Crippen molar-refractivity contribution in [2.24, 2.45) is 0 Å². The Kier molecular flexibility index (Phi) is 6.81. The van der Waals surface area contributed by atoms with Gasteiger partial charge >= 0.3 is 6.01 Å². The Balaban J connectivity index is 1.33. The molecule has 6 rings (SSSR count). The van der Waals surface area contributed by atoms with Crippen LogP contribution < -0.4 is 19.9 Å². The van der Waals surface area contributed by atoms with Gasteiger partial charge in [-0.2, -0.15) is 15.2 Å². The molecular formula is C30H37N7O. The van der Waals surface area contributed by atoms with E-state index in [9.17, 15) is 5.26 Å². The first kappa shape index (κ1) is 24.9. The molecule has 3 aliphatic rings. The molecule has 0 radical (unpaired) electrons. The largest absolute Gasteiger partial charge is 0.461 e. The highest BCUT2D eigenvalue weighted by atomic mass is 16.5. The molecular weight excluding hydrogens is 474 g/mol. The van der Waals surface area contributed by atoms with Crippen molar-refractivity contribution < 1.29 is 4.74 Å². The van der Waals surface area contributed by atoms with Crippen molar-refractivity contribution in [3.63, 3.8) is 0 Å². The van der Waals surface area contributed by atoms with Gasteiger partial charge in [0.1, 0.15) is 12.4 Å². The number of rotatable bonds is 6. The van der Waals surface area contributed by atoms with Gasteiger partial charge in [0.05, 0.1) is 30.3 Å². The lowest BCUT2D eigenvalue weighted by Gasteiger charge is -2.37. The maximum atomic E-state index is 9.28. The first-order valence-electron chi connectivity index (χ1n) is 13.9. The maximum absolute atomic E-state index is 9.28. The normalized spacial score (nSPS) is 23.9. The van der Waals surface area contributed by atoms with Crippen LogP contribution in [0.25, 0.3) is 10.8 Å². The van der Waals surface area contributed by atoms with E-state index in [4.69, 9.17) is 14.7 Å². The van der Waals surface area contributed by atoms with Crippen molar-refractivity contribution in [1.29, 1.82) is 5.26 Å². The Bertz CT molecular complexity index is 1350. The Labute approximate surface area is 225 Å². The predicted molar refractivity (Wildman–Crippen MR) is 151 cm³/mol. The van der Waals surface area contributed by atoms with E-state index in [1.54, 1.807) is 0 Å². The molecule has 8 heteroatoms. The molecule has 3 aromatic rings. The van der Waals surface area contributed by atoms with Gasteiger partial charge in [-0.1, -0.05) is 36.4 Å². The molecule has 2 atom stereocenters. The standard InChI is InChI=1S/C30H37N7O/c1-30(13-6-16-35(30)2)21-38-29-33-26-20-36(27-10-5-8-22-7-3-4-9-24(22)27)17-12-25(26)28(34-29)37-18-15-32-23(19-37)11-14-31/h3-5,7-10,23,32H,6,11-13,15-21H2,1-2H3/t23?,30-/m0/s1. The lowest BCUT2D eigenvalue weighted by molar-refractivity contribution is 0.107. The molecule has 3 aliphatic heterocycles. The van der Waals surface area contributed by atoms with Crippen LogP contribution in [0.3, 0.4) is 0 Å². The minimum atomic E-state index is 0.00134. The third-order valence-electron chi connectivity index (χ3n) is 8.67. The van der Waals surface area contributed by atoms with Crippen molar-refractivity contribution >= 4 is 22.3 Å². The molecule has 0 amide bonds. The van der Waals surface area contributed by atoms with Crippen molar-refractivity contribution in [2.75, 3.05) is 56.2 Å². The number of fused-ring (bicyclic) bond motifs is 2. The van der Waals surface area contributed by atoms with Gasteiger partial charge in [0.15, 0.2) is 0 Å². The summed E-state index contributed by atoms with van der Waals surface area (Å²) < 4.78 is 6.37. The van der Waals surface area contributed by atoms with Gasteiger partial charge in [-0.3, -0.25) is 4.90 Å². The van der Waals surface area contributed by atoms with E-state index in [-0.39, 0.29) is 11.6 Å². The molecule has 1 N–H and O–H groups in total. The molecule has 198 valence electrons. The van der Waals surface area contributed by atoms with Crippen LogP contribution in [0.5, 0.6) is 6.01 Å². The second kappa shape index (κ2) is 10.4. The lowest BCUT2D eigenvalue weighted by atomic mass is 10.0. The summed E-state index contributed by atoms with van der Waals surface area (Å²) in [7, 11) is 2.17. The van der Waals surface area contributed by atoms with Gasteiger partial charge in [0.25, 0.3) is 0 Å².